The number of nitrogens with zero attached hydrogens (tertiary/aromatic N) is 3. The molecular formula is C20H27N3O3S2. The summed E-state index contributed by atoms with van der Waals surface area (Å²) in [5.74, 6) is 0.139. The average Bonchev–Trinajstić information content (AvgIpc) is 3.34. The molecule has 1 atom stereocenters. The summed E-state index contributed by atoms with van der Waals surface area (Å²) in [5, 5.41) is 1.16. The lowest BCUT2D eigenvalue weighted by Gasteiger charge is -2.21. The van der Waals surface area contributed by atoms with Crippen molar-refractivity contribution in [1.82, 2.24) is 14.5 Å². The van der Waals surface area contributed by atoms with Crippen LogP contribution in [-0.2, 0) is 28.9 Å². The zero-order chi connectivity index (χ0) is 19.7. The van der Waals surface area contributed by atoms with E-state index in [9.17, 15) is 9.59 Å². The highest BCUT2D eigenvalue weighted by Gasteiger charge is 2.27. The predicted molar refractivity (Wildman–Crippen MR) is 114 cm³/mol. The Labute approximate surface area is 173 Å². The van der Waals surface area contributed by atoms with Crippen LogP contribution < -0.4 is 5.56 Å². The molecule has 28 heavy (non-hydrogen) atoms. The Morgan fingerprint density at radius 3 is 2.75 bits per heavy atom. The summed E-state index contributed by atoms with van der Waals surface area (Å²) in [7, 11) is 1.63. The van der Waals surface area contributed by atoms with Crippen LogP contribution in [0.3, 0.4) is 0 Å². The lowest BCUT2D eigenvalue weighted by Crippen LogP contribution is -2.35. The molecule has 3 heterocycles. The number of likely N-dealkylation sites (tertiary alicyclic amines) is 1. The number of carbonyl (C=O) groups is 1. The van der Waals surface area contributed by atoms with Crippen molar-refractivity contribution < 1.29 is 9.53 Å². The van der Waals surface area contributed by atoms with Crippen LogP contribution in [-0.4, -0.2) is 52.4 Å². The number of thioether (sulfide) groups is 1. The van der Waals surface area contributed by atoms with Crippen molar-refractivity contribution in [2.75, 3.05) is 26.8 Å². The fourth-order valence-corrected chi connectivity index (χ4v) is 6.41. The molecule has 2 aliphatic rings. The zero-order valence-corrected chi connectivity index (χ0v) is 18.2. The van der Waals surface area contributed by atoms with Gasteiger partial charge < -0.3 is 9.64 Å². The van der Waals surface area contributed by atoms with Gasteiger partial charge in [-0.2, -0.15) is 0 Å². The molecular weight excluding hydrogens is 394 g/mol. The predicted octanol–water partition coefficient (Wildman–Crippen LogP) is 3.09. The molecule has 0 spiro atoms. The van der Waals surface area contributed by atoms with Gasteiger partial charge in [-0.05, 0) is 51.0 Å². The van der Waals surface area contributed by atoms with Crippen molar-refractivity contribution in [3.63, 3.8) is 0 Å². The molecule has 4 rings (SSSR count). The summed E-state index contributed by atoms with van der Waals surface area (Å²) in [6.45, 7) is 4.49. The first-order valence-electron chi connectivity index (χ1n) is 10.1. The van der Waals surface area contributed by atoms with Crippen LogP contribution in [0.5, 0.6) is 0 Å². The van der Waals surface area contributed by atoms with E-state index in [4.69, 9.17) is 9.72 Å². The van der Waals surface area contributed by atoms with Crippen LogP contribution in [0.4, 0.5) is 0 Å². The first kappa shape index (κ1) is 19.9. The van der Waals surface area contributed by atoms with Crippen molar-refractivity contribution in [2.45, 2.75) is 62.4 Å². The zero-order valence-electron chi connectivity index (χ0n) is 16.5. The van der Waals surface area contributed by atoms with Gasteiger partial charge in [0.2, 0.25) is 5.91 Å². The number of aryl methyl sites for hydroxylation is 2. The molecule has 0 radical (unpaired) electrons. The number of rotatable bonds is 6. The standard InChI is InChI=1S/C20H27N3O3S2/c1-13(18(24)22-9-5-6-10-22)27-20-21-17-16(19(25)23(20)11-12-26-2)14-7-3-4-8-15(14)28-17/h13H,3-12H2,1-2H3. The summed E-state index contributed by atoms with van der Waals surface area (Å²) in [6, 6.07) is 0. The van der Waals surface area contributed by atoms with Gasteiger partial charge in [0.15, 0.2) is 5.16 Å². The second kappa shape index (κ2) is 8.55. The van der Waals surface area contributed by atoms with Crippen molar-refractivity contribution in [3.8, 4) is 0 Å². The van der Waals surface area contributed by atoms with Gasteiger partial charge in [-0.25, -0.2) is 4.98 Å². The van der Waals surface area contributed by atoms with Crippen molar-refractivity contribution >= 4 is 39.2 Å². The molecule has 0 aromatic carbocycles. The number of methoxy groups -OCH3 is 1. The molecule has 152 valence electrons. The molecule has 1 amide bonds. The van der Waals surface area contributed by atoms with E-state index < -0.39 is 0 Å². The second-order valence-corrected chi connectivity index (χ2v) is 9.92. The topological polar surface area (TPSA) is 64.4 Å². The number of aromatic nitrogens is 2. The molecule has 1 unspecified atom stereocenters. The van der Waals surface area contributed by atoms with Gasteiger partial charge in [0, 0.05) is 25.1 Å². The summed E-state index contributed by atoms with van der Waals surface area (Å²) in [5.41, 5.74) is 1.22. The summed E-state index contributed by atoms with van der Waals surface area (Å²) >= 11 is 3.06. The third-order valence-corrected chi connectivity index (χ3v) is 7.87. The Morgan fingerprint density at radius 1 is 1.25 bits per heavy atom. The van der Waals surface area contributed by atoms with Gasteiger partial charge in [-0.15, -0.1) is 11.3 Å². The van der Waals surface area contributed by atoms with Gasteiger partial charge in [0.1, 0.15) is 4.83 Å². The Morgan fingerprint density at radius 2 is 2.00 bits per heavy atom. The van der Waals surface area contributed by atoms with Crippen LogP contribution in [0.1, 0.15) is 43.0 Å². The Balaban J connectivity index is 1.71. The second-order valence-electron chi connectivity index (χ2n) is 7.53. The Hall–Kier alpha value is -1.38. The first-order valence-corrected chi connectivity index (χ1v) is 11.8. The molecule has 1 saturated heterocycles. The smallest absolute Gasteiger partial charge is 0.263 e. The van der Waals surface area contributed by atoms with Gasteiger partial charge in [-0.1, -0.05) is 11.8 Å². The van der Waals surface area contributed by atoms with E-state index in [0.29, 0.717) is 18.3 Å². The third-order valence-electron chi connectivity index (χ3n) is 5.61. The van der Waals surface area contributed by atoms with Gasteiger partial charge in [0.05, 0.1) is 23.8 Å². The lowest BCUT2D eigenvalue weighted by atomic mass is 9.97. The van der Waals surface area contributed by atoms with E-state index in [-0.39, 0.29) is 16.7 Å². The average molecular weight is 422 g/mol. The van der Waals surface area contributed by atoms with E-state index in [2.05, 4.69) is 0 Å². The molecule has 0 saturated carbocycles. The lowest BCUT2D eigenvalue weighted by molar-refractivity contribution is -0.129. The number of thiophene rings is 1. The minimum absolute atomic E-state index is 0.0183. The molecule has 0 bridgehead atoms. The SMILES string of the molecule is COCCn1c(SC(C)C(=O)N2CCCC2)nc2sc3c(c2c1=O)CCCC3. The van der Waals surface area contributed by atoms with Crippen LogP contribution >= 0.6 is 23.1 Å². The van der Waals surface area contributed by atoms with Gasteiger partial charge >= 0.3 is 0 Å². The number of amides is 1. The van der Waals surface area contributed by atoms with E-state index in [1.165, 1.54) is 28.6 Å². The van der Waals surface area contributed by atoms with Crippen LogP contribution in [0, 0.1) is 0 Å². The Bertz CT molecular complexity index is 931. The van der Waals surface area contributed by atoms with Crippen molar-refractivity contribution in [2.24, 2.45) is 0 Å². The maximum atomic E-state index is 13.4. The highest BCUT2D eigenvalue weighted by atomic mass is 32.2. The minimum Gasteiger partial charge on any atom is -0.383 e. The summed E-state index contributed by atoms with van der Waals surface area (Å²) in [6.07, 6.45) is 6.47. The van der Waals surface area contributed by atoms with E-state index in [0.717, 1.165) is 55.4 Å². The van der Waals surface area contributed by atoms with E-state index >= 15 is 0 Å². The number of hydrogen-bond donors (Lipinski definition) is 0. The maximum Gasteiger partial charge on any atom is 0.263 e. The van der Waals surface area contributed by atoms with Crippen LogP contribution in [0.15, 0.2) is 9.95 Å². The largest absolute Gasteiger partial charge is 0.383 e. The molecule has 0 N–H and O–H groups in total. The summed E-state index contributed by atoms with van der Waals surface area (Å²) < 4.78 is 6.94. The minimum atomic E-state index is -0.258. The highest BCUT2D eigenvalue weighted by molar-refractivity contribution is 8.00. The normalized spacial score (nSPS) is 17.9. The first-order chi connectivity index (χ1) is 13.6. The molecule has 2 aromatic rings. The number of fused-ring (bicyclic) bond motifs is 3. The highest BCUT2D eigenvalue weighted by Crippen LogP contribution is 2.35. The molecule has 8 heteroatoms. The number of carbonyl (C=O) groups excluding carboxylic acids is 1. The quantitative estimate of drug-likeness (QED) is 0.530. The van der Waals surface area contributed by atoms with Crippen molar-refractivity contribution in [3.05, 3.63) is 20.8 Å². The van der Waals surface area contributed by atoms with Gasteiger partial charge in [0.25, 0.3) is 5.56 Å². The summed E-state index contributed by atoms with van der Waals surface area (Å²) in [4.78, 5) is 35.0. The van der Waals surface area contributed by atoms with Crippen molar-refractivity contribution in [1.29, 1.82) is 0 Å². The fraction of sp³-hybridized carbons (Fsp3) is 0.650. The molecule has 2 aromatic heterocycles. The monoisotopic (exact) mass is 421 g/mol. The van der Waals surface area contributed by atoms with Gasteiger partial charge in [-0.3, -0.25) is 14.2 Å². The third kappa shape index (κ3) is 3.74. The maximum absolute atomic E-state index is 13.4. The van der Waals surface area contributed by atoms with Crippen LogP contribution in [0.25, 0.3) is 10.2 Å². The number of hydrogen-bond acceptors (Lipinski definition) is 6. The molecule has 6 nitrogen and oxygen atoms in total. The van der Waals surface area contributed by atoms with E-state index in [1.807, 2.05) is 11.8 Å². The Kier molecular flexibility index (Phi) is 6.08. The van der Waals surface area contributed by atoms with E-state index in [1.54, 1.807) is 23.0 Å². The molecule has 1 fully saturated rings. The number of ether oxygens (including phenoxy) is 1. The fourth-order valence-electron chi connectivity index (χ4n) is 4.09. The van der Waals surface area contributed by atoms with Crippen LogP contribution in [0.2, 0.25) is 0 Å². The molecule has 1 aliphatic carbocycles. The molecule has 1 aliphatic heterocycles.